The van der Waals surface area contributed by atoms with Gasteiger partial charge in [0.05, 0.1) is 6.04 Å². The van der Waals surface area contributed by atoms with E-state index in [0.717, 1.165) is 16.2 Å². The summed E-state index contributed by atoms with van der Waals surface area (Å²) in [5.41, 5.74) is 1.46. The monoisotopic (exact) mass is 349 g/mol. The molecule has 1 saturated carbocycles. The van der Waals surface area contributed by atoms with Gasteiger partial charge in [-0.15, -0.1) is 11.3 Å². The van der Waals surface area contributed by atoms with E-state index >= 15 is 0 Å². The van der Waals surface area contributed by atoms with E-state index in [1.54, 1.807) is 0 Å². The van der Waals surface area contributed by atoms with Crippen molar-refractivity contribution in [2.75, 3.05) is 5.32 Å². The van der Waals surface area contributed by atoms with Crippen LogP contribution < -0.4 is 5.32 Å². The van der Waals surface area contributed by atoms with Gasteiger partial charge in [0.2, 0.25) is 0 Å². The molecule has 20 heavy (non-hydrogen) atoms. The average molecular weight is 350 g/mol. The highest BCUT2D eigenvalue weighted by Gasteiger charge is 2.28. The Morgan fingerprint density at radius 2 is 2.15 bits per heavy atom. The van der Waals surface area contributed by atoms with Crippen LogP contribution in [0.2, 0.25) is 0 Å². The predicted molar refractivity (Wildman–Crippen MR) is 85.3 cm³/mol. The van der Waals surface area contributed by atoms with Gasteiger partial charge in [-0.2, -0.15) is 0 Å². The lowest BCUT2D eigenvalue weighted by Gasteiger charge is -2.24. The van der Waals surface area contributed by atoms with E-state index in [4.69, 9.17) is 4.98 Å². The van der Waals surface area contributed by atoms with Gasteiger partial charge in [0, 0.05) is 16.9 Å². The number of anilines is 1. The molecule has 1 atom stereocenters. The molecule has 4 rings (SSSR count). The minimum absolute atomic E-state index is 0.402. The van der Waals surface area contributed by atoms with Crippen LogP contribution in [0.1, 0.15) is 53.9 Å². The number of thiophene rings is 1. The fourth-order valence-electron chi connectivity index (χ4n) is 2.85. The molecule has 0 bridgehead atoms. The molecule has 2 aromatic heterocycles. The Balaban J connectivity index is 1.60. The van der Waals surface area contributed by atoms with Crippen LogP contribution in [0.4, 0.5) is 5.82 Å². The van der Waals surface area contributed by atoms with E-state index in [-0.39, 0.29) is 0 Å². The van der Waals surface area contributed by atoms with Crippen LogP contribution in [-0.4, -0.2) is 9.97 Å². The second-order valence-electron chi connectivity index (χ2n) is 5.60. The van der Waals surface area contributed by atoms with Crippen molar-refractivity contribution in [2.24, 2.45) is 0 Å². The normalized spacial score (nSPS) is 21.6. The molecule has 3 nitrogen and oxygen atoms in total. The van der Waals surface area contributed by atoms with Gasteiger partial charge in [-0.25, -0.2) is 9.97 Å². The molecule has 0 saturated heterocycles. The molecule has 2 heterocycles. The highest BCUT2D eigenvalue weighted by atomic mass is 79.9. The Bertz CT molecular complexity index is 636. The summed E-state index contributed by atoms with van der Waals surface area (Å²) in [5.74, 6) is 2.53. The first kappa shape index (κ1) is 12.8. The maximum Gasteiger partial charge on any atom is 0.135 e. The highest BCUT2D eigenvalue weighted by Crippen LogP contribution is 2.40. The van der Waals surface area contributed by atoms with Gasteiger partial charge in [0.1, 0.15) is 16.2 Å². The fourth-order valence-corrected chi connectivity index (χ4v) is 4.23. The van der Waals surface area contributed by atoms with Crippen LogP contribution in [0.25, 0.3) is 0 Å². The second kappa shape index (κ2) is 5.11. The van der Waals surface area contributed by atoms with Crippen molar-refractivity contribution in [1.82, 2.24) is 9.97 Å². The summed E-state index contributed by atoms with van der Waals surface area (Å²) in [6.45, 7) is 0. The summed E-state index contributed by atoms with van der Waals surface area (Å²) in [4.78, 5) is 10.7. The van der Waals surface area contributed by atoms with Crippen molar-refractivity contribution in [2.45, 2.75) is 44.1 Å². The Morgan fingerprint density at radius 1 is 1.25 bits per heavy atom. The zero-order valence-electron chi connectivity index (χ0n) is 11.1. The minimum atomic E-state index is 0.402. The second-order valence-corrected chi connectivity index (χ2v) is 7.41. The van der Waals surface area contributed by atoms with Crippen molar-refractivity contribution >= 4 is 33.1 Å². The molecule has 1 fully saturated rings. The van der Waals surface area contributed by atoms with Crippen LogP contribution in [0.3, 0.4) is 0 Å². The van der Waals surface area contributed by atoms with Gasteiger partial charge >= 0.3 is 0 Å². The van der Waals surface area contributed by atoms with E-state index in [1.165, 1.54) is 42.5 Å². The van der Waals surface area contributed by atoms with Crippen molar-refractivity contribution < 1.29 is 0 Å². The van der Waals surface area contributed by atoms with Crippen molar-refractivity contribution in [3.8, 4) is 0 Å². The fraction of sp³-hybridized carbons (Fsp3) is 0.467. The third kappa shape index (κ3) is 2.49. The van der Waals surface area contributed by atoms with Gasteiger partial charge in [-0.05, 0) is 65.0 Å². The molecule has 104 valence electrons. The van der Waals surface area contributed by atoms with E-state index in [2.05, 4.69) is 37.7 Å². The third-order valence-corrected chi connectivity index (χ3v) is 5.43. The highest BCUT2D eigenvalue weighted by molar-refractivity contribution is 9.10. The number of hydrogen-bond acceptors (Lipinski definition) is 4. The molecular formula is C15H16BrN3S. The Labute approximate surface area is 131 Å². The summed E-state index contributed by atoms with van der Waals surface area (Å²) < 4.78 is 0.887. The maximum atomic E-state index is 4.70. The van der Waals surface area contributed by atoms with E-state index in [1.807, 2.05) is 17.4 Å². The van der Waals surface area contributed by atoms with Crippen molar-refractivity contribution in [1.29, 1.82) is 0 Å². The van der Waals surface area contributed by atoms with E-state index in [9.17, 15) is 0 Å². The smallest absolute Gasteiger partial charge is 0.135 e. The van der Waals surface area contributed by atoms with Crippen LogP contribution in [0, 0.1) is 0 Å². The number of fused-ring (bicyclic) bond motifs is 1. The van der Waals surface area contributed by atoms with Gasteiger partial charge in [-0.1, -0.05) is 0 Å². The van der Waals surface area contributed by atoms with Crippen LogP contribution in [0.5, 0.6) is 0 Å². The largest absolute Gasteiger partial charge is 0.363 e. The van der Waals surface area contributed by atoms with Crippen LogP contribution >= 0.6 is 27.3 Å². The molecule has 0 amide bonds. The van der Waals surface area contributed by atoms with Crippen LogP contribution in [-0.2, 0) is 6.42 Å². The minimum Gasteiger partial charge on any atom is -0.363 e. The first-order valence-electron chi connectivity index (χ1n) is 7.17. The standard InChI is InChI=1S/C15H16BrN3S/c16-13-8-14(19-15(18-13)9-4-5-9)17-11-2-1-3-12-10(11)6-7-20-12/h6-9,11H,1-5H2,(H,17,18,19). The number of aryl methyl sites for hydroxylation is 1. The number of nitrogens with zero attached hydrogens (tertiary/aromatic N) is 2. The van der Waals surface area contributed by atoms with Crippen LogP contribution in [0.15, 0.2) is 22.1 Å². The number of halogens is 1. The lowest BCUT2D eigenvalue weighted by molar-refractivity contribution is 0.606. The zero-order chi connectivity index (χ0) is 13.5. The summed E-state index contributed by atoms with van der Waals surface area (Å²) in [5, 5.41) is 5.82. The summed E-state index contributed by atoms with van der Waals surface area (Å²) in [6, 6.07) is 4.65. The van der Waals surface area contributed by atoms with Crippen molar-refractivity contribution in [3.63, 3.8) is 0 Å². The van der Waals surface area contributed by atoms with Crippen molar-refractivity contribution in [3.05, 3.63) is 38.4 Å². The number of aromatic nitrogens is 2. The van der Waals surface area contributed by atoms with Gasteiger partial charge in [-0.3, -0.25) is 0 Å². The number of nitrogens with one attached hydrogen (secondary N) is 1. The topological polar surface area (TPSA) is 37.8 Å². The predicted octanol–water partition coefficient (Wildman–Crippen LogP) is 4.67. The SMILES string of the molecule is Brc1cc(NC2CCCc3sccc32)nc(C2CC2)n1. The molecule has 0 aromatic carbocycles. The molecular weight excluding hydrogens is 334 g/mol. The molecule has 2 aliphatic rings. The van der Waals surface area contributed by atoms with E-state index < -0.39 is 0 Å². The molecule has 5 heteroatoms. The molecule has 0 radical (unpaired) electrons. The van der Waals surface area contributed by atoms with Gasteiger partial charge < -0.3 is 5.32 Å². The first-order chi connectivity index (χ1) is 9.79. The third-order valence-electron chi connectivity index (χ3n) is 4.03. The quantitative estimate of drug-likeness (QED) is 0.818. The molecule has 2 aliphatic carbocycles. The summed E-state index contributed by atoms with van der Waals surface area (Å²) >= 11 is 5.39. The van der Waals surface area contributed by atoms with Gasteiger partial charge in [0.25, 0.3) is 0 Å². The summed E-state index contributed by atoms with van der Waals surface area (Å²) in [7, 11) is 0. The van der Waals surface area contributed by atoms with Gasteiger partial charge in [0.15, 0.2) is 0 Å². The molecule has 1 N–H and O–H groups in total. The first-order valence-corrected chi connectivity index (χ1v) is 8.84. The molecule has 0 aliphatic heterocycles. The Morgan fingerprint density at radius 3 is 3.00 bits per heavy atom. The lowest BCUT2D eigenvalue weighted by atomic mass is 9.94. The lowest BCUT2D eigenvalue weighted by Crippen LogP contribution is -2.16. The molecule has 0 spiro atoms. The zero-order valence-corrected chi connectivity index (χ0v) is 13.5. The number of hydrogen-bond donors (Lipinski definition) is 1. The number of rotatable bonds is 3. The average Bonchev–Trinajstić information content (AvgIpc) is 3.17. The molecule has 1 unspecified atom stereocenters. The summed E-state index contributed by atoms with van der Waals surface area (Å²) in [6.07, 6.45) is 6.13. The molecule has 2 aromatic rings. The maximum absolute atomic E-state index is 4.70. The van der Waals surface area contributed by atoms with E-state index in [0.29, 0.717) is 12.0 Å². The Hall–Kier alpha value is -0.940. The Kier molecular flexibility index (Phi) is 3.27.